The van der Waals surface area contributed by atoms with Crippen LogP contribution in [0.25, 0.3) is 0 Å². The van der Waals surface area contributed by atoms with E-state index in [0.717, 1.165) is 21.5 Å². The van der Waals surface area contributed by atoms with Crippen molar-refractivity contribution in [2.75, 3.05) is 0 Å². The Bertz CT molecular complexity index is 525. The van der Waals surface area contributed by atoms with Crippen LogP contribution in [0.4, 0.5) is 0 Å². The Morgan fingerprint density at radius 3 is 2.71 bits per heavy atom. The molecule has 17 heavy (non-hydrogen) atoms. The fourth-order valence-electron chi connectivity index (χ4n) is 1.51. The topological polar surface area (TPSA) is 9.23 Å². The summed E-state index contributed by atoms with van der Waals surface area (Å²) in [5, 5.41) is 0. The average molecular weight is 312 g/mol. The molecule has 0 heterocycles. The van der Waals surface area contributed by atoms with Crippen molar-refractivity contribution in [1.82, 2.24) is 0 Å². The molecule has 2 aromatic rings. The summed E-state index contributed by atoms with van der Waals surface area (Å²) in [6.45, 7) is 2.04. The van der Waals surface area contributed by atoms with Crippen LogP contribution in [0.3, 0.4) is 0 Å². The van der Waals surface area contributed by atoms with Gasteiger partial charge in [-0.1, -0.05) is 18.2 Å². The molecule has 2 rings (SSSR count). The second kappa shape index (κ2) is 5.56. The number of rotatable bonds is 3. The van der Waals surface area contributed by atoms with Crippen molar-refractivity contribution in [2.45, 2.75) is 12.8 Å². The van der Waals surface area contributed by atoms with Gasteiger partial charge in [0.1, 0.15) is 11.5 Å². The van der Waals surface area contributed by atoms with Crippen molar-refractivity contribution in [3.05, 3.63) is 58.1 Å². The lowest BCUT2D eigenvalue weighted by molar-refractivity contribution is 0.479. The molecule has 0 atom stereocenters. The van der Waals surface area contributed by atoms with Gasteiger partial charge in [-0.3, -0.25) is 0 Å². The molecule has 0 amide bonds. The Balaban J connectivity index is 2.25. The summed E-state index contributed by atoms with van der Waals surface area (Å²) in [5.74, 6) is 2.10. The molecule has 0 saturated carbocycles. The minimum absolute atomic E-state index is 0.492. The minimum Gasteiger partial charge on any atom is -0.456 e. The Kier molecular flexibility index (Phi) is 4.08. The minimum atomic E-state index is 0.492. The summed E-state index contributed by atoms with van der Waals surface area (Å²) in [6, 6.07) is 13.8. The highest BCUT2D eigenvalue weighted by molar-refractivity contribution is 9.10. The van der Waals surface area contributed by atoms with Crippen molar-refractivity contribution in [2.24, 2.45) is 0 Å². The lowest BCUT2D eigenvalue weighted by atomic mass is 10.2. The Hall–Kier alpha value is -0.990. The van der Waals surface area contributed by atoms with Crippen molar-refractivity contribution in [1.29, 1.82) is 0 Å². The molecule has 0 saturated heterocycles. The SMILES string of the molecule is Cc1ccc(Oc2cccc(CCl)c2)c(Br)c1. The van der Waals surface area contributed by atoms with Crippen LogP contribution in [-0.2, 0) is 5.88 Å². The summed E-state index contributed by atoms with van der Waals surface area (Å²) < 4.78 is 6.75. The predicted molar refractivity (Wildman–Crippen MR) is 75.0 cm³/mol. The maximum atomic E-state index is 5.80. The molecule has 0 fully saturated rings. The molecule has 0 N–H and O–H groups in total. The largest absolute Gasteiger partial charge is 0.456 e. The first-order valence-corrected chi connectivity index (χ1v) is 6.60. The van der Waals surface area contributed by atoms with Crippen LogP contribution in [0.2, 0.25) is 0 Å². The summed E-state index contributed by atoms with van der Waals surface area (Å²) in [4.78, 5) is 0. The zero-order chi connectivity index (χ0) is 12.3. The van der Waals surface area contributed by atoms with Crippen LogP contribution < -0.4 is 4.74 Å². The molecule has 0 unspecified atom stereocenters. The van der Waals surface area contributed by atoms with Gasteiger partial charge in [-0.25, -0.2) is 0 Å². The third-order valence-corrected chi connectivity index (χ3v) is 3.30. The first-order chi connectivity index (χ1) is 8.19. The second-order valence-electron chi connectivity index (χ2n) is 3.82. The molecule has 0 aliphatic heterocycles. The first kappa shape index (κ1) is 12.5. The quantitative estimate of drug-likeness (QED) is 0.700. The molecule has 3 heteroatoms. The van der Waals surface area contributed by atoms with E-state index in [1.807, 2.05) is 49.4 Å². The predicted octanol–water partition coefficient (Wildman–Crippen LogP) is 5.29. The average Bonchev–Trinajstić information content (AvgIpc) is 2.33. The maximum absolute atomic E-state index is 5.80. The van der Waals surface area contributed by atoms with E-state index >= 15 is 0 Å². The highest BCUT2D eigenvalue weighted by Gasteiger charge is 2.03. The first-order valence-electron chi connectivity index (χ1n) is 5.28. The van der Waals surface area contributed by atoms with Gasteiger partial charge in [0, 0.05) is 5.88 Å². The van der Waals surface area contributed by atoms with E-state index < -0.39 is 0 Å². The van der Waals surface area contributed by atoms with Crippen LogP contribution in [-0.4, -0.2) is 0 Å². The van der Waals surface area contributed by atoms with Gasteiger partial charge in [-0.2, -0.15) is 0 Å². The summed E-state index contributed by atoms with van der Waals surface area (Å²) in [5.41, 5.74) is 2.24. The number of hydrogen-bond donors (Lipinski definition) is 0. The van der Waals surface area contributed by atoms with Crippen molar-refractivity contribution in [3.8, 4) is 11.5 Å². The third kappa shape index (κ3) is 3.24. The Labute approximate surface area is 115 Å². The zero-order valence-electron chi connectivity index (χ0n) is 9.41. The number of ether oxygens (including phenoxy) is 1. The van der Waals surface area contributed by atoms with E-state index in [4.69, 9.17) is 16.3 Å². The lowest BCUT2D eigenvalue weighted by Crippen LogP contribution is -1.87. The summed E-state index contributed by atoms with van der Waals surface area (Å²) in [6.07, 6.45) is 0. The monoisotopic (exact) mass is 310 g/mol. The fraction of sp³-hybridized carbons (Fsp3) is 0.143. The summed E-state index contributed by atoms with van der Waals surface area (Å²) >= 11 is 9.28. The van der Waals surface area contributed by atoms with E-state index in [9.17, 15) is 0 Å². The van der Waals surface area contributed by atoms with Gasteiger partial charge >= 0.3 is 0 Å². The van der Waals surface area contributed by atoms with Gasteiger partial charge in [0.2, 0.25) is 0 Å². The molecule has 1 nitrogen and oxygen atoms in total. The zero-order valence-corrected chi connectivity index (χ0v) is 11.8. The summed E-state index contributed by atoms with van der Waals surface area (Å²) in [7, 11) is 0. The van der Waals surface area contributed by atoms with E-state index in [1.54, 1.807) is 0 Å². The molecule has 2 aromatic carbocycles. The van der Waals surface area contributed by atoms with Crippen LogP contribution in [0.1, 0.15) is 11.1 Å². The molecule has 0 radical (unpaired) electrons. The normalized spacial score (nSPS) is 10.3. The second-order valence-corrected chi connectivity index (χ2v) is 4.94. The van der Waals surface area contributed by atoms with Gasteiger partial charge in [-0.05, 0) is 58.2 Å². The van der Waals surface area contributed by atoms with E-state index in [0.29, 0.717) is 5.88 Å². The Morgan fingerprint density at radius 1 is 1.18 bits per heavy atom. The van der Waals surface area contributed by atoms with E-state index in [2.05, 4.69) is 15.9 Å². The van der Waals surface area contributed by atoms with Crippen LogP contribution >= 0.6 is 27.5 Å². The van der Waals surface area contributed by atoms with Crippen LogP contribution in [0.5, 0.6) is 11.5 Å². The van der Waals surface area contributed by atoms with Gasteiger partial charge < -0.3 is 4.74 Å². The van der Waals surface area contributed by atoms with Gasteiger partial charge in [-0.15, -0.1) is 11.6 Å². The van der Waals surface area contributed by atoms with Crippen molar-refractivity contribution >= 4 is 27.5 Å². The molecule has 0 aliphatic rings. The molecular weight excluding hydrogens is 300 g/mol. The number of aryl methyl sites for hydroxylation is 1. The van der Waals surface area contributed by atoms with Gasteiger partial charge in [0.15, 0.2) is 0 Å². The smallest absolute Gasteiger partial charge is 0.141 e. The third-order valence-electron chi connectivity index (χ3n) is 2.37. The molecule has 0 bridgehead atoms. The maximum Gasteiger partial charge on any atom is 0.141 e. The molecular formula is C14H12BrClO. The van der Waals surface area contributed by atoms with Gasteiger partial charge in [0.05, 0.1) is 4.47 Å². The number of hydrogen-bond acceptors (Lipinski definition) is 1. The Morgan fingerprint density at radius 2 is 2.00 bits per heavy atom. The highest BCUT2D eigenvalue weighted by Crippen LogP contribution is 2.30. The molecule has 0 spiro atoms. The highest BCUT2D eigenvalue weighted by atomic mass is 79.9. The molecule has 0 aromatic heterocycles. The molecule has 88 valence electrons. The number of alkyl halides is 1. The standard InChI is InChI=1S/C14H12BrClO/c1-10-5-6-14(13(15)7-10)17-12-4-2-3-11(8-12)9-16/h2-8H,9H2,1H3. The lowest BCUT2D eigenvalue weighted by Gasteiger charge is -2.09. The fourth-order valence-corrected chi connectivity index (χ4v) is 2.25. The van der Waals surface area contributed by atoms with Gasteiger partial charge in [0.25, 0.3) is 0 Å². The van der Waals surface area contributed by atoms with E-state index in [1.165, 1.54) is 5.56 Å². The van der Waals surface area contributed by atoms with Crippen molar-refractivity contribution in [3.63, 3.8) is 0 Å². The van der Waals surface area contributed by atoms with E-state index in [-0.39, 0.29) is 0 Å². The van der Waals surface area contributed by atoms with Crippen LogP contribution in [0.15, 0.2) is 46.9 Å². The molecule has 0 aliphatic carbocycles. The van der Waals surface area contributed by atoms with Crippen LogP contribution in [0, 0.1) is 6.92 Å². The number of benzene rings is 2. The number of halogens is 2. The van der Waals surface area contributed by atoms with Crippen molar-refractivity contribution < 1.29 is 4.74 Å².